The van der Waals surface area contributed by atoms with Gasteiger partial charge < -0.3 is 0 Å². The predicted octanol–water partition coefficient (Wildman–Crippen LogP) is 2.02. The van der Waals surface area contributed by atoms with Crippen molar-refractivity contribution >= 4 is 38.4 Å². The SMILES string of the molecule is N#[N+]c1ccc(S(=O)(=O)O)cc1I. The Hall–Kier alpha value is -0.720. The van der Waals surface area contributed by atoms with Crippen LogP contribution in [0.1, 0.15) is 0 Å². The van der Waals surface area contributed by atoms with Crippen LogP contribution in [0.25, 0.3) is 4.98 Å². The molecule has 0 aromatic heterocycles. The molecule has 1 N–H and O–H groups in total. The first-order valence-corrected chi connectivity index (χ1v) is 5.59. The number of rotatable bonds is 1. The van der Waals surface area contributed by atoms with Gasteiger partial charge in [-0.3, -0.25) is 4.55 Å². The number of benzene rings is 1. The first kappa shape index (κ1) is 10.4. The van der Waals surface area contributed by atoms with Crippen molar-refractivity contribution in [1.29, 1.82) is 5.39 Å². The molecule has 0 radical (unpaired) electrons. The number of hydrogen-bond acceptors (Lipinski definition) is 3. The van der Waals surface area contributed by atoms with Crippen LogP contribution < -0.4 is 0 Å². The Morgan fingerprint density at radius 3 is 2.46 bits per heavy atom. The van der Waals surface area contributed by atoms with E-state index in [1.165, 1.54) is 12.1 Å². The second kappa shape index (κ2) is 3.57. The minimum absolute atomic E-state index is 0.218. The van der Waals surface area contributed by atoms with Crippen molar-refractivity contribution in [1.82, 2.24) is 0 Å². The van der Waals surface area contributed by atoms with Crippen LogP contribution in [0.2, 0.25) is 0 Å². The minimum Gasteiger partial charge on any atom is -0.282 e. The fourth-order valence-electron chi connectivity index (χ4n) is 0.729. The van der Waals surface area contributed by atoms with Crippen molar-refractivity contribution in [2.24, 2.45) is 0 Å². The van der Waals surface area contributed by atoms with Gasteiger partial charge in [0.15, 0.2) is 4.98 Å². The molecule has 0 unspecified atom stereocenters. The summed E-state index contributed by atoms with van der Waals surface area (Å²) in [5, 5.41) is 8.42. The molecular weight excluding hydrogens is 307 g/mol. The second-order valence-electron chi connectivity index (χ2n) is 2.19. The van der Waals surface area contributed by atoms with Gasteiger partial charge in [0.1, 0.15) is 3.57 Å². The molecule has 1 aromatic carbocycles. The normalized spacial score (nSPS) is 10.8. The second-order valence-corrected chi connectivity index (χ2v) is 4.77. The van der Waals surface area contributed by atoms with Gasteiger partial charge in [0.05, 0.1) is 4.90 Å². The van der Waals surface area contributed by atoms with Crippen LogP contribution in [-0.2, 0) is 10.1 Å². The third kappa shape index (κ3) is 2.36. The summed E-state index contributed by atoms with van der Waals surface area (Å²) in [4.78, 5) is 2.69. The molecule has 0 bridgehead atoms. The Balaban J connectivity index is 3.36. The Kier molecular flexibility index (Phi) is 2.84. The minimum atomic E-state index is -4.18. The van der Waals surface area contributed by atoms with Gasteiger partial charge in [0, 0.05) is 6.07 Å². The van der Waals surface area contributed by atoms with E-state index < -0.39 is 10.1 Å². The Bertz CT molecular complexity index is 477. The lowest BCUT2D eigenvalue weighted by Gasteiger charge is -1.94. The zero-order valence-corrected chi connectivity index (χ0v) is 9.15. The van der Waals surface area contributed by atoms with Gasteiger partial charge in [-0.25, -0.2) is 0 Å². The highest BCUT2D eigenvalue weighted by molar-refractivity contribution is 14.1. The van der Waals surface area contributed by atoms with Crippen molar-refractivity contribution in [3.8, 4) is 0 Å². The van der Waals surface area contributed by atoms with Gasteiger partial charge in [0.2, 0.25) is 5.39 Å². The van der Waals surface area contributed by atoms with Gasteiger partial charge in [-0.2, -0.15) is 8.42 Å². The molecule has 68 valence electrons. The summed E-state index contributed by atoms with van der Waals surface area (Å²) < 4.78 is 30.4. The molecule has 1 aromatic rings. The van der Waals surface area contributed by atoms with Crippen LogP contribution in [0, 0.1) is 8.96 Å². The van der Waals surface area contributed by atoms with Gasteiger partial charge in [-0.15, -0.1) is 0 Å². The van der Waals surface area contributed by atoms with Crippen molar-refractivity contribution in [2.75, 3.05) is 0 Å². The Morgan fingerprint density at radius 1 is 1.46 bits per heavy atom. The van der Waals surface area contributed by atoms with E-state index in [0.29, 0.717) is 3.57 Å². The molecule has 13 heavy (non-hydrogen) atoms. The van der Waals surface area contributed by atoms with E-state index in [-0.39, 0.29) is 10.6 Å². The molecule has 0 spiro atoms. The molecule has 0 aliphatic carbocycles. The van der Waals surface area contributed by atoms with Crippen LogP contribution in [0.3, 0.4) is 0 Å². The summed E-state index contributed by atoms with van der Waals surface area (Å²) in [6, 6.07) is 3.67. The van der Waals surface area contributed by atoms with Gasteiger partial charge in [0.25, 0.3) is 10.1 Å². The Labute approximate surface area is 88.3 Å². The molecule has 0 fully saturated rings. The molecule has 0 amide bonds. The third-order valence-corrected chi connectivity index (χ3v) is 3.04. The zero-order valence-electron chi connectivity index (χ0n) is 6.18. The molecule has 0 atom stereocenters. The fourth-order valence-corrected chi connectivity index (χ4v) is 2.07. The smallest absolute Gasteiger partial charge is 0.282 e. The monoisotopic (exact) mass is 311 g/mol. The number of nitrogens with zero attached hydrogens (tertiary/aromatic N) is 2. The van der Waals surface area contributed by atoms with Gasteiger partial charge >= 0.3 is 5.69 Å². The van der Waals surface area contributed by atoms with Crippen molar-refractivity contribution in [3.63, 3.8) is 0 Å². The highest BCUT2D eigenvalue weighted by Gasteiger charge is 2.16. The number of halogens is 1. The predicted molar refractivity (Wildman–Crippen MR) is 53.7 cm³/mol. The maximum Gasteiger partial charge on any atom is 0.398 e. The lowest BCUT2D eigenvalue weighted by Crippen LogP contribution is -1.97. The van der Waals surface area contributed by atoms with Crippen LogP contribution in [-0.4, -0.2) is 13.0 Å². The fraction of sp³-hybridized carbons (Fsp3) is 0. The summed E-state index contributed by atoms with van der Waals surface area (Å²) in [5.41, 5.74) is 0.257. The average molecular weight is 311 g/mol. The first-order valence-electron chi connectivity index (χ1n) is 3.07. The third-order valence-electron chi connectivity index (χ3n) is 1.32. The van der Waals surface area contributed by atoms with E-state index in [1.807, 2.05) is 0 Å². The molecule has 0 saturated heterocycles. The summed E-state index contributed by atoms with van der Waals surface area (Å²) in [6.45, 7) is 0. The van der Waals surface area contributed by atoms with E-state index in [2.05, 4.69) is 4.98 Å². The maximum atomic E-state index is 10.6. The highest BCUT2D eigenvalue weighted by Crippen LogP contribution is 2.24. The van der Waals surface area contributed by atoms with E-state index >= 15 is 0 Å². The van der Waals surface area contributed by atoms with Crippen molar-refractivity contribution in [3.05, 3.63) is 26.7 Å². The quantitative estimate of drug-likeness (QED) is 0.489. The average Bonchev–Trinajstić information content (AvgIpc) is 2.02. The van der Waals surface area contributed by atoms with Crippen molar-refractivity contribution < 1.29 is 13.0 Å². The van der Waals surface area contributed by atoms with Crippen LogP contribution in [0.5, 0.6) is 0 Å². The lowest BCUT2D eigenvalue weighted by atomic mass is 10.3. The summed E-state index contributed by atoms with van der Waals surface area (Å²) in [7, 11) is -4.18. The van der Waals surface area contributed by atoms with E-state index in [4.69, 9.17) is 9.95 Å². The molecule has 1 rings (SSSR count). The van der Waals surface area contributed by atoms with Crippen LogP contribution in [0.15, 0.2) is 23.1 Å². The summed E-state index contributed by atoms with van der Waals surface area (Å²) in [5.74, 6) is 0. The van der Waals surface area contributed by atoms with Crippen LogP contribution in [0.4, 0.5) is 5.69 Å². The summed E-state index contributed by atoms with van der Waals surface area (Å²) >= 11 is 1.80. The largest absolute Gasteiger partial charge is 0.398 e. The lowest BCUT2D eigenvalue weighted by molar-refractivity contribution is 0.483. The zero-order chi connectivity index (χ0) is 10.1. The van der Waals surface area contributed by atoms with E-state index in [9.17, 15) is 8.42 Å². The molecule has 5 nitrogen and oxygen atoms in total. The van der Waals surface area contributed by atoms with E-state index in [0.717, 1.165) is 6.07 Å². The number of hydrogen-bond donors (Lipinski definition) is 1. The molecule has 0 aliphatic rings. The standard InChI is InChI=1S/C6H3IN2O3S/c7-5-3-4(13(10,11)12)1-2-6(5)9-8/h1-3H/p+1. The summed E-state index contributed by atoms with van der Waals surface area (Å²) in [6.07, 6.45) is 0. The highest BCUT2D eigenvalue weighted by atomic mass is 127. The molecule has 0 heterocycles. The first-order chi connectivity index (χ1) is 5.95. The number of diazo groups is 1. The molecule has 7 heteroatoms. The van der Waals surface area contributed by atoms with Gasteiger partial charge in [-0.05, 0) is 34.7 Å². The maximum absolute atomic E-state index is 10.6. The molecule has 0 aliphatic heterocycles. The molecule has 0 saturated carbocycles. The van der Waals surface area contributed by atoms with E-state index in [1.54, 1.807) is 22.6 Å². The Morgan fingerprint density at radius 2 is 2.08 bits per heavy atom. The topological polar surface area (TPSA) is 82.5 Å². The van der Waals surface area contributed by atoms with Gasteiger partial charge in [-0.1, -0.05) is 0 Å². The van der Waals surface area contributed by atoms with Crippen LogP contribution >= 0.6 is 22.6 Å². The molecular formula is C6H4IN2O3S+. The van der Waals surface area contributed by atoms with Crippen molar-refractivity contribution in [2.45, 2.75) is 4.90 Å².